The molecule has 24 heavy (non-hydrogen) atoms. The Labute approximate surface area is 147 Å². The molecule has 1 nitrogen and oxygen atoms in total. The van der Waals surface area contributed by atoms with Crippen LogP contribution in [0.1, 0.15) is 75.8 Å². The molecule has 3 aliphatic rings. The summed E-state index contributed by atoms with van der Waals surface area (Å²) in [4.78, 5) is 0. The van der Waals surface area contributed by atoms with Crippen molar-refractivity contribution in [1.82, 2.24) is 0 Å². The van der Waals surface area contributed by atoms with Crippen LogP contribution in [0.4, 0.5) is 0 Å². The lowest BCUT2D eigenvalue weighted by Crippen LogP contribution is -2.40. The maximum Gasteiger partial charge on any atom is 0.119 e. The van der Waals surface area contributed by atoms with E-state index in [1.165, 1.54) is 51.4 Å². The molecule has 1 aromatic rings. The Kier molecular flexibility index (Phi) is 4.22. The van der Waals surface area contributed by atoms with Crippen molar-refractivity contribution < 1.29 is 4.74 Å². The third-order valence-corrected chi connectivity index (χ3v) is 7.46. The maximum atomic E-state index is 5.45. The summed E-state index contributed by atoms with van der Waals surface area (Å²) in [5.41, 5.74) is 5.49. The molecule has 2 saturated carbocycles. The number of fused-ring (bicyclic) bond motifs is 5. The Bertz CT molecular complexity index is 643. The minimum absolute atomic E-state index is 0.500. The van der Waals surface area contributed by atoms with Gasteiger partial charge in [-0.3, -0.25) is 0 Å². The molecular weight excluding hydrogens is 292 g/mol. The third-order valence-electron chi connectivity index (χ3n) is 7.46. The molecule has 4 rings (SSSR count). The van der Waals surface area contributed by atoms with Crippen LogP contribution in [-0.2, 0) is 6.42 Å². The molecule has 0 heterocycles. The molecule has 0 spiro atoms. The van der Waals surface area contributed by atoms with Crippen LogP contribution in [0.5, 0.6) is 5.75 Å². The number of unbranched alkanes of at least 4 members (excludes halogenated alkanes) is 1. The van der Waals surface area contributed by atoms with E-state index >= 15 is 0 Å². The first-order valence-electron chi connectivity index (χ1n) is 10.0. The van der Waals surface area contributed by atoms with Crippen LogP contribution in [-0.4, -0.2) is 7.11 Å². The Balaban J connectivity index is 1.63. The fourth-order valence-electron chi connectivity index (χ4n) is 6.19. The molecule has 0 radical (unpaired) electrons. The molecule has 0 saturated heterocycles. The van der Waals surface area contributed by atoms with E-state index in [1.54, 1.807) is 23.8 Å². The van der Waals surface area contributed by atoms with E-state index in [2.05, 4.69) is 38.1 Å². The van der Waals surface area contributed by atoms with E-state index in [0.717, 1.165) is 23.5 Å². The van der Waals surface area contributed by atoms with Gasteiger partial charge in [0.2, 0.25) is 0 Å². The zero-order valence-electron chi connectivity index (χ0n) is 15.6. The van der Waals surface area contributed by atoms with Gasteiger partial charge >= 0.3 is 0 Å². The summed E-state index contributed by atoms with van der Waals surface area (Å²) in [6.45, 7) is 4.89. The van der Waals surface area contributed by atoms with Gasteiger partial charge in [0.15, 0.2) is 0 Å². The third kappa shape index (κ3) is 2.43. The zero-order valence-corrected chi connectivity index (χ0v) is 15.6. The van der Waals surface area contributed by atoms with Gasteiger partial charge in [-0.1, -0.05) is 38.0 Å². The first kappa shape index (κ1) is 16.2. The SMILES string of the molecule is CCC/C=C1\CC[C@H]2[C@@H]3CCc4cc(OC)ccc4[C@H]3CC[C@]12C. The fourth-order valence-corrected chi connectivity index (χ4v) is 6.19. The monoisotopic (exact) mass is 324 g/mol. The van der Waals surface area contributed by atoms with Gasteiger partial charge in [-0.2, -0.15) is 0 Å². The Morgan fingerprint density at radius 3 is 2.88 bits per heavy atom. The smallest absolute Gasteiger partial charge is 0.119 e. The Hall–Kier alpha value is -1.24. The molecule has 0 N–H and O–H groups in total. The van der Waals surface area contributed by atoms with Gasteiger partial charge in [-0.15, -0.1) is 0 Å². The predicted molar refractivity (Wildman–Crippen MR) is 101 cm³/mol. The lowest BCUT2D eigenvalue weighted by molar-refractivity contribution is 0.0812. The van der Waals surface area contributed by atoms with Crippen LogP contribution in [0.15, 0.2) is 29.8 Å². The number of hydrogen-bond donors (Lipinski definition) is 0. The molecule has 1 aromatic carbocycles. The highest BCUT2D eigenvalue weighted by Crippen LogP contribution is 2.62. The van der Waals surface area contributed by atoms with E-state index in [9.17, 15) is 0 Å². The van der Waals surface area contributed by atoms with Crippen molar-refractivity contribution in [2.75, 3.05) is 7.11 Å². The van der Waals surface area contributed by atoms with Crippen molar-refractivity contribution in [3.05, 3.63) is 41.0 Å². The highest BCUT2D eigenvalue weighted by Gasteiger charge is 2.52. The average molecular weight is 325 g/mol. The van der Waals surface area contributed by atoms with Crippen molar-refractivity contribution in [3.8, 4) is 5.75 Å². The van der Waals surface area contributed by atoms with Crippen molar-refractivity contribution in [2.24, 2.45) is 17.3 Å². The van der Waals surface area contributed by atoms with Crippen LogP contribution in [0.2, 0.25) is 0 Å². The van der Waals surface area contributed by atoms with Crippen molar-refractivity contribution in [3.63, 3.8) is 0 Å². The number of aryl methyl sites for hydroxylation is 1. The molecule has 0 aliphatic heterocycles. The topological polar surface area (TPSA) is 9.23 Å². The van der Waals surface area contributed by atoms with Crippen molar-refractivity contribution in [1.29, 1.82) is 0 Å². The first-order valence-corrected chi connectivity index (χ1v) is 10.0. The molecular formula is C23H32O. The molecule has 1 heteroatoms. The first-order chi connectivity index (χ1) is 11.7. The summed E-state index contributed by atoms with van der Waals surface area (Å²) in [7, 11) is 1.78. The highest BCUT2D eigenvalue weighted by atomic mass is 16.5. The number of allylic oxidation sites excluding steroid dienone is 2. The summed E-state index contributed by atoms with van der Waals surface area (Å²) >= 11 is 0. The summed E-state index contributed by atoms with van der Waals surface area (Å²) in [5.74, 6) is 3.63. The van der Waals surface area contributed by atoms with E-state index in [1.807, 2.05) is 0 Å². The van der Waals surface area contributed by atoms with Gasteiger partial charge in [0.1, 0.15) is 5.75 Å². The number of rotatable bonds is 3. The molecule has 4 atom stereocenters. The van der Waals surface area contributed by atoms with Crippen molar-refractivity contribution >= 4 is 0 Å². The Morgan fingerprint density at radius 2 is 2.08 bits per heavy atom. The zero-order chi connectivity index (χ0) is 16.7. The maximum absolute atomic E-state index is 5.45. The standard InChI is InChI=1S/C23H32O/c1-4-5-6-17-8-12-22-21-10-7-16-15-18(24-3)9-11-19(16)20(21)13-14-23(17,22)2/h6,9,11,15,20-22H,4-5,7-8,10,12-14H2,1-3H3/b17-6+/t20-,21-,22+,23-/m1/s1. The molecule has 2 fully saturated rings. The minimum Gasteiger partial charge on any atom is -0.497 e. The number of methoxy groups -OCH3 is 1. The number of hydrogen-bond acceptors (Lipinski definition) is 1. The van der Waals surface area contributed by atoms with E-state index in [-0.39, 0.29) is 0 Å². The van der Waals surface area contributed by atoms with Crippen LogP contribution < -0.4 is 4.74 Å². The summed E-state index contributed by atoms with van der Waals surface area (Å²) in [5, 5.41) is 0. The summed E-state index contributed by atoms with van der Waals surface area (Å²) < 4.78 is 5.45. The van der Waals surface area contributed by atoms with Gasteiger partial charge in [0.25, 0.3) is 0 Å². The van der Waals surface area contributed by atoms with Crippen LogP contribution in [0.3, 0.4) is 0 Å². The molecule has 0 bridgehead atoms. The quantitative estimate of drug-likeness (QED) is 0.595. The van der Waals surface area contributed by atoms with Crippen molar-refractivity contribution in [2.45, 2.75) is 71.1 Å². The minimum atomic E-state index is 0.500. The fraction of sp³-hybridized carbons (Fsp3) is 0.652. The van der Waals surface area contributed by atoms with E-state index in [4.69, 9.17) is 4.74 Å². The van der Waals surface area contributed by atoms with Gasteiger partial charge in [0.05, 0.1) is 7.11 Å². The van der Waals surface area contributed by atoms with Gasteiger partial charge < -0.3 is 4.74 Å². The normalized spacial score (nSPS) is 36.1. The second kappa shape index (κ2) is 6.24. The Morgan fingerprint density at radius 1 is 1.21 bits per heavy atom. The molecule has 3 aliphatic carbocycles. The summed E-state index contributed by atoms with van der Waals surface area (Å²) in [6, 6.07) is 6.84. The van der Waals surface area contributed by atoms with Gasteiger partial charge in [-0.05, 0) is 91.4 Å². The van der Waals surface area contributed by atoms with Crippen LogP contribution in [0, 0.1) is 17.3 Å². The van der Waals surface area contributed by atoms with Crippen LogP contribution in [0.25, 0.3) is 0 Å². The van der Waals surface area contributed by atoms with Gasteiger partial charge in [0, 0.05) is 0 Å². The molecule has 0 aromatic heterocycles. The number of benzene rings is 1. The summed E-state index contributed by atoms with van der Waals surface area (Å²) in [6.07, 6.45) is 13.3. The molecule has 130 valence electrons. The largest absolute Gasteiger partial charge is 0.497 e. The lowest BCUT2D eigenvalue weighted by Gasteiger charge is -2.49. The highest BCUT2D eigenvalue weighted by molar-refractivity contribution is 5.41. The molecule has 0 unspecified atom stereocenters. The average Bonchev–Trinajstić information content (AvgIpc) is 2.95. The van der Waals surface area contributed by atoms with E-state index < -0.39 is 0 Å². The van der Waals surface area contributed by atoms with E-state index in [0.29, 0.717) is 5.41 Å². The predicted octanol–water partition coefficient (Wildman–Crippen LogP) is 6.28. The van der Waals surface area contributed by atoms with Crippen LogP contribution >= 0.6 is 0 Å². The number of ether oxygens (including phenoxy) is 1. The second-order valence-corrected chi connectivity index (χ2v) is 8.49. The second-order valence-electron chi connectivity index (χ2n) is 8.49. The lowest BCUT2D eigenvalue weighted by atomic mass is 9.55. The molecule has 0 amide bonds. The van der Waals surface area contributed by atoms with Gasteiger partial charge in [-0.25, -0.2) is 0 Å².